The highest BCUT2D eigenvalue weighted by Crippen LogP contribution is 2.28. The Bertz CT molecular complexity index is 383. The molecule has 6 nitrogen and oxygen atoms in total. The van der Waals surface area contributed by atoms with E-state index in [1.54, 1.807) is 0 Å². The Balaban J connectivity index is 0.00000288. The monoisotopic (exact) mass is 454 g/mol. The number of halogens is 1. The molecular formula is C17H35IN4O2. The second-order valence-corrected chi connectivity index (χ2v) is 7.07. The predicted octanol–water partition coefficient (Wildman–Crippen LogP) is 1.65. The smallest absolute Gasteiger partial charge is 0.193 e. The van der Waals surface area contributed by atoms with Crippen molar-refractivity contribution in [2.45, 2.75) is 31.2 Å². The van der Waals surface area contributed by atoms with Crippen molar-refractivity contribution >= 4 is 29.9 Å². The molecule has 2 fully saturated rings. The first-order chi connectivity index (χ1) is 11.1. The molecule has 0 amide bonds. The first kappa shape index (κ1) is 21.9. The Morgan fingerprint density at radius 3 is 2.46 bits per heavy atom. The predicted molar refractivity (Wildman–Crippen MR) is 109 cm³/mol. The summed E-state index contributed by atoms with van der Waals surface area (Å²) in [6.45, 7) is 5.12. The number of aliphatic imine (C=N–C) groups is 1. The van der Waals surface area contributed by atoms with E-state index in [0.29, 0.717) is 0 Å². The second-order valence-electron chi connectivity index (χ2n) is 7.07. The molecule has 0 aromatic rings. The number of rotatable bonds is 8. The van der Waals surface area contributed by atoms with Crippen LogP contribution >= 0.6 is 24.0 Å². The zero-order valence-corrected chi connectivity index (χ0v) is 18.0. The lowest BCUT2D eigenvalue weighted by Crippen LogP contribution is -2.57. The largest absolute Gasteiger partial charge is 0.381 e. The zero-order chi connectivity index (χ0) is 16.7. The van der Waals surface area contributed by atoms with Crippen LogP contribution in [-0.4, -0.2) is 89.0 Å². The van der Waals surface area contributed by atoms with Crippen molar-refractivity contribution in [2.24, 2.45) is 10.9 Å². The van der Waals surface area contributed by atoms with Gasteiger partial charge in [0, 0.05) is 52.5 Å². The summed E-state index contributed by atoms with van der Waals surface area (Å²) < 4.78 is 11.3. The van der Waals surface area contributed by atoms with Gasteiger partial charge in [0.2, 0.25) is 0 Å². The molecule has 1 aliphatic carbocycles. The molecular weight excluding hydrogens is 419 g/mol. The van der Waals surface area contributed by atoms with Gasteiger partial charge in [-0.2, -0.15) is 0 Å². The first-order valence-corrected chi connectivity index (χ1v) is 8.82. The van der Waals surface area contributed by atoms with E-state index in [1.165, 1.54) is 12.8 Å². The SMILES string of the molecule is CN=C(NCC1(N(C)C)CCOCC1)N(C)CCOCC1CC1.I. The van der Waals surface area contributed by atoms with E-state index >= 15 is 0 Å². The van der Waals surface area contributed by atoms with Gasteiger partial charge >= 0.3 is 0 Å². The van der Waals surface area contributed by atoms with Crippen LogP contribution in [0, 0.1) is 5.92 Å². The van der Waals surface area contributed by atoms with E-state index < -0.39 is 0 Å². The number of hydrogen-bond acceptors (Lipinski definition) is 4. The fourth-order valence-corrected chi connectivity index (χ4v) is 3.00. The Labute approximate surface area is 164 Å². The van der Waals surface area contributed by atoms with E-state index in [2.05, 4.69) is 41.3 Å². The van der Waals surface area contributed by atoms with E-state index in [9.17, 15) is 0 Å². The van der Waals surface area contributed by atoms with Crippen LogP contribution in [0.25, 0.3) is 0 Å². The van der Waals surface area contributed by atoms with Gasteiger partial charge < -0.3 is 24.6 Å². The summed E-state index contributed by atoms with van der Waals surface area (Å²) in [5.74, 6) is 1.76. The first-order valence-electron chi connectivity index (χ1n) is 8.82. The minimum absolute atomic E-state index is 0. The average Bonchev–Trinajstić information content (AvgIpc) is 3.37. The molecule has 0 bridgehead atoms. The van der Waals surface area contributed by atoms with Gasteiger partial charge in [0.15, 0.2) is 5.96 Å². The molecule has 2 aliphatic rings. The lowest BCUT2D eigenvalue weighted by atomic mass is 9.88. The van der Waals surface area contributed by atoms with Crippen molar-refractivity contribution in [3.63, 3.8) is 0 Å². The van der Waals surface area contributed by atoms with Gasteiger partial charge in [-0.3, -0.25) is 4.99 Å². The molecule has 0 spiro atoms. The van der Waals surface area contributed by atoms with Crippen LogP contribution in [0.1, 0.15) is 25.7 Å². The van der Waals surface area contributed by atoms with Crippen LogP contribution in [0.3, 0.4) is 0 Å². The molecule has 1 saturated heterocycles. The third kappa shape index (κ3) is 6.65. The van der Waals surface area contributed by atoms with Gasteiger partial charge in [-0.1, -0.05) is 0 Å². The summed E-state index contributed by atoms with van der Waals surface area (Å²) >= 11 is 0. The number of nitrogens with one attached hydrogen (secondary N) is 1. The van der Waals surface area contributed by atoms with Crippen molar-refractivity contribution in [1.82, 2.24) is 15.1 Å². The maximum absolute atomic E-state index is 5.73. The van der Waals surface area contributed by atoms with Crippen LogP contribution in [0.5, 0.6) is 0 Å². The van der Waals surface area contributed by atoms with Crippen LogP contribution in [0.2, 0.25) is 0 Å². The number of ether oxygens (including phenoxy) is 2. The van der Waals surface area contributed by atoms with Crippen molar-refractivity contribution in [3.05, 3.63) is 0 Å². The van der Waals surface area contributed by atoms with Gasteiger partial charge in [-0.05, 0) is 45.7 Å². The maximum atomic E-state index is 5.73. The lowest BCUT2D eigenvalue weighted by molar-refractivity contribution is -0.00525. The minimum atomic E-state index is 0. The highest BCUT2D eigenvalue weighted by atomic mass is 127. The maximum Gasteiger partial charge on any atom is 0.193 e. The van der Waals surface area contributed by atoms with Crippen molar-refractivity contribution in [2.75, 3.05) is 67.7 Å². The van der Waals surface area contributed by atoms with Gasteiger partial charge in [-0.25, -0.2) is 0 Å². The van der Waals surface area contributed by atoms with E-state index in [-0.39, 0.29) is 29.5 Å². The molecule has 142 valence electrons. The minimum Gasteiger partial charge on any atom is -0.381 e. The quantitative estimate of drug-likeness (QED) is 0.262. The Hall–Kier alpha value is -0.120. The van der Waals surface area contributed by atoms with Gasteiger partial charge in [0.25, 0.3) is 0 Å². The molecule has 2 rings (SSSR count). The molecule has 0 aromatic heterocycles. The van der Waals surface area contributed by atoms with E-state index in [4.69, 9.17) is 9.47 Å². The third-order valence-electron chi connectivity index (χ3n) is 5.14. The van der Waals surface area contributed by atoms with Crippen molar-refractivity contribution < 1.29 is 9.47 Å². The third-order valence-corrected chi connectivity index (χ3v) is 5.14. The summed E-state index contributed by atoms with van der Waals surface area (Å²) in [7, 11) is 8.23. The molecule has 0 radical (unpaired) electrons. The summed E-state index contributed by atoms with van der Waals surface area (Å²) in [5, 5.41) is 3.55. The molecule has 1 N–H and O–H groups in total. The highest BCUT2D eigenvalue weighted by Gasteiger charge is 2.35. The molecule has 7 heteroatoms. The normalized spacial score (nSPS) is 20.6. The molecule has 0 unspecified atom stereocenters. The number of nitrogens with zero attached hydrogens (tertiary/aromatic N) is 3. The number of guanidine groups is 1. The Kier molecular flexibility index (Phi) is 9.84. The Morgan fingerprint density at radius 2 is 1.92 bits per heavy atom. The molecule has 0 aromatic carbocycles. The molecule has 0 atom stereocenters. The number of likely N-dealkylation sites (N-methyl/N-ethyl adjacent to an activating group) is 2. The Morgan fingerprint density at radius 1 is 1.25 bits per heavy atom. The van der Waals surface area contributed by atoms with Gasteiger partial charge in [0.05, 0.1) is 6.61 Å². The van der Waals surface area contributed by atoms with Crippen LogP contribution in [0.4, 0.5) is 0 Å². The molecule has 24 heavy (non-hydrogen) atoms. The van der Waals surface area contributed by atoms with Gasteiger partial charge in [0.1, 0.15) is 0 Å². The van der Waals surface area contributed by atoms with Crippen LogP contribution < -0.4 is 5.32 Å². The summed E-state index contributed by atoms with van der Waals surface area (Å²) in [6.07, 6.45) is 4.79. The van der Waals surface area contributed by atoms with Crippen LogP contribution in [-0.2, 0) is 9.47 Å². The summed E-state index contributed by atoms with van der Waals surface area (Å²) in [4.78, 5) is 8.89. The molecule has 1 heterocycles. The van der Waals surface area contributed by atoms with E-state index in [1.807, 2.05) is 7.05 Å². The van der Waals surface area contributed by atoms with Crippen molar-refractivity contribution in [1.29, 1.82) is 0 Å². The summed E-state index contributed by atoms with van der Waals surface area (Å²) in [6, 6.07) is 0. The van der Waals surface area contributed by atoms with E-state index in [0.717, 1.165) is 64.2 Å². The van der Waals surface area contributed by atoms with Crippen LogP contribution in [0.15, 0.2) is 4.99 Å². The average molecular weight is 454 g/mol. The number of hydrogen-bond donors (Lipinski definition) is 1. The second kappa shape index (κ2) is 10.8. The lowest BCUT2D eigenvalue weighted by Gasteiger charge is -2.43. The fraction of sp³-hybridized carbons (Fsp3) is 0.941. The zero-order valence-electron chi connectivity index (χ0n) is 15.7. The highest BCUT2D eigenvalue weighted by molar-refractivity contribution is 14.0. The fourth-order valence-electron chi connectivity index (χ4n) is 3.00. The molecule has 1 aliphatic heterocycles. The summed E-state index contributed by atoms with van der Waals surface area (Å²) in [5.41, 5.74) is 0.150. The standard InChI is InChI=1S/C17H34N4O2.HI/c1-18-16(21(4)9-12-23-13-15-5-6-15)19-14-17(20(2)3)7-10-22-11-8-17;/h15H,5-14H2,1-4H3,(H,18,19);1H. The topological polar surface area (TPSA) is 49.3 Å². The molecule has 1 saturated carbocycles. The van der Waals surface area contributed by atoms with Crippen molar-refractivity contribution in [3.8, 4) is 0 Å². The van der Waals surface area contributed by atoms with Gasteiger partial charge in [-0.15, -0.1) is 24.0 Å².